The first-order valence-electron chi connectivity index (χ1n) is 5.84. The van der Waals surface area contributed by atoms with Crippen LogP contribution in [0.25, 0.3) is 0 Å². The second kappa shape index (κ2) is 5.77. The highest BCUT2D eigenvalue weighted by atomic mass is 79.9. The topological polar surface area (TPSA) is 12.0 Å². The van der Waals surface area contributed by atoms with Gasteiger partial charge in [0.15, 0.2) is 0 Å². The van der Waals surface area contributed by atoms with Gasteiger partial charge in [0.25, 0.3) is 0 Å². The fraction of sp³-hybridized carbons (Fsp3) is 0.200. The number of halogens is 2. The molecule has 2 aromatic rings. The fourth-order valence-electron chi connectivity index (χ4n) is 1.77. The van der Waals surface area contributed by atoms with Crippen LogP contribution in [0, 0.1) is 6.92 Å². The molecule has 1 nitrogen and oxygen atoms in total. The number of rotatable bonds is 3. The maximum absolute atomic E-state index is 6.12. The zero-order valence-electron chi connectivity index (χ0n) is 10.4. The number of benzene rings is 2. The van der Waals surface area contributed by atoms with E-state index in [4.69, 9.17) is 11.6 Å². The Kier molecular flexibility index (Phi) is 4.31. The van der Waals surface area contributed by atoms with Crippen LogP contribution >= 0.6 is 27.5 Å². The Morgan fingerprint density at radius 1 is 1.11 bits per heavy atom. The summed E-state index contributed by atoms with van der Waals surface area (Å²) in [7, 11) is 0. The van der Waals surface area contributed by atoms with Crippen molar-refractivity contribution < 1.29 is 0 Å². The van der Waals surface area contributed by atoms with Gasteiger partial charge in [0.1, 0.15) is 0 Å². The van der Waals surface area contributed by atoms with Gasteiger partial charge in [0.2, 0.25) is 0 Å². The van der Waals surface area contributed by atoms with Crippen LogP contribution in [0.2, 0.25) is 5.02 Å². The molecule has 0 aromatic heterocycles. The highest BCUT2D eigenvalue weighted by Crippen LogP contribution is 2.24. The molecule has 0 fully saturated rings. The van der Waals surface area contributed by atoms with Crippen molar-refractivity contribution in [3.8, 4) is 0 Å². The van der Waals surface area contributed by atoms with Crippen molar-refractivity contribution in [2.45, 2.75) is 19.9 Å². The lowest BCUT2D eigenvalue weighted by Gasteiger charge is -2.16. The molecule has 2 rings (SSSR count). The third kappa shape index (κ3) is 3.27. The summed E-state index contributed by atoms with van der Waals surface area (Å²) in [6.07, 6.45) is 0. The lowest BCUT2D eigenvalue weighted by molar-refractivity contribution is 0.884. The number of anilines is 1. The largest absolute Gasteiger partial charge is 0.378 e. The molecule has 1 N–H and O–H groups in total. The van der Waals surface area contributed by atoms with Gasteiger partial charge in [0, 0.05) is 21.2 Å². The van der Waals surface area contributed by atoms with Gasteiger partial charge in [-0.1, -0.05) is 45.7 Å². The fourth-order valence-corrected chi connectivity index (χ4v) is 2.21. The van der Waals surface area contributed by atoms with Crippen LogP contribution in [0.4, 0.5) is 5.69 Å². The van der Waals surface area contributed by atoms with E-state index in [1.54, 1.807) is 0 Å². The monoisotopic (exact) mass is 323 g/mol. The quantitative estimate of drug-likeness (QED) is 0.776. The van der Waals surface area contributed by atoms with E-state index in [1.807, 2.05) is 19.1 Å². The van der Waals surface area contributed by atoms with Gasteiger partial charge in [-0.15, -0.1) is 0 Å². The van der Waals surface area contributed by atoms with E-state index in [0.717, 1.165) is 20.7 Å². The van der Waals surface area contributed by atoms with Crippen LogP contribution < -0.4 is 5.32 Å². The van der Waals surface area contributed by atoms with Crippen LogP contribution in [0.15, 0.2) is 46.9 Å². The van der Waals surface area contributed by atoms with Crippen LogP contribution in [-0.2, 0) is 0 Å². The van der Waals surface area contributed by atoms with Crippen molar-refractivity contribution in [1.29, 1.82) is 0 Å². The molecule has 18 heavy (non-hydrogen) atoms. The van der Waals surface area contributed by atoms with Gasteiger partial charge in [-0.25, -0.2) is 0 Å². The standard InChI is InChI=1S/C15H15BrClN/c1-10-3-8-14(9-15(10)17)18-11(2)12-4-6-13(16)7-5-12/h3-9,11,18H,1-2H3. The van der Waals surface area contributed by atoms with Gasteiger partial charge in [-0.05, 0) is 49.2 Å². The maximum atomic E-state index is 6.12. The molecule has 0 bridgehead atoms. The molecule has 94 valence electrons. The van der Waals surface area contributed by atoms with E-state index in [-0.39, 0.29) is 6.04 Å². The summed E-state index contributed by atoms with van der Waals surface area (Å²) in [4.78, 5) is 0. The van der Waals surface area contributed by atoms with E-state index in [9.17, 15) is 0 Å². The molecule has 0 aliphatic rings. The molecule has 0 spiro atoms. The molecule has 0 aliphatic heterocycles. The SMILES string of the molecule is Cc1ccc(NC(C)c2ccc(Br)cc2)cc1Cl. The Bertz CT molecular complexity index is 537. The Balaban J connectivity index is 2.13. The third-order valence-corrected chi connectivity index (χ3v) is 3.86. The second-order valence-electron chi connectivity index (χ2n) is 4.38. The van der Waals surface area contributed by atoms with E-state index < -0.39 is 0 Å². The number of aryl methyl sites for hydroxylation is 1. The van der Waals surface area contributed by atoms with Crippen molar-refractivity contribution in [2.75, 3.05) is 5.32 Å². The summed E-state index contributed by atoms with van der Waals surface area (Å²) in [5.41, 5.74) is 3.38. The summed E-state index contributed by atoms with van der Waals surface area (Å²) in [5.74, 6) is 0. The summed E-state index contributed by atoms with van der Waals surface area (Å²) in [6, 6.07) is 14.6. The number of nitrogens with one attached hydrogen (secondary N) is 1. The van der Waals surface area contributed by atoms with Crippen LogP contribution in [0.1, 0.15) is 24.1 Å². The molecule has 0 saturated heterocycles. The van der Waals surface area contributed by atoms with Crippen molar-refractivity contribution in [2.24, 2.45) is 0 Å². The van der Waals surface area contributed by atoms with E-state index in [2.05, 4.69) is 58.5 Å². The molecule has 1 atom stereocenters. The van der Waals surface area contributed by atoms with Crippen molar-refractivity contribution in [3.05, 3.63) is 63.1 Å². The van der Waals surface area contributed by atoms with Crippen LogP contribution in [0.5, 0.6) is 0 Å². The van der Waals surface area contributed by atoms with Crippen LogP contribution in [-0.4, -0.2) is 0 Å². The summed E-state index contributed by atoms with van der Waals surface area (Å²) < 4.78 is 1.09. The molecular weight excluding hydrogens is 310 g/mol. The predicted octanol–water partition coefficient (Wildman–Crippen LogP) is 5.58. The van der Waals surface area contributed by atoms with E-state index in [0.29, 0.717) is 0 Å². The van der Waals surface area contributed by atoms with E-state index >= 15 is 0 Å². The molecule has 1 unspecified atom stereocenters. The summed E-state index contributed by atoms with van der Waals surface area (Å²) >= 11 is 9.56. The zero-order valence-corrected chi connectivity index (χ0v) is 12.7. The van der Waals surface area contributed by atoms with Crippen molar-refractivity contribution in [3.63, 3.8) is 0 Å². The predicted molar refractivity (Wildman–Crippen MR) is 82.4 cm³/mol. The number of hydrogen-bond donors (Lipinski definition) is 1. The maximum Gasteiger partial charge on any atom is 0.0485 e. The molecular formula is C15H15BrClN. The van der Waals surface area contributed by atoms with Crippen LogP contribution in [0.3, 0.4) is 0 Å². The third-order valence-electron chi connectivity index (χ3n) is 2.93. The molecule has 0 amide bonds. The number of hydrogen-bond acceptors (Lipinski definition) is 1. The highest BCUT2D eigenvalue weighted by molar-refractivity contribution is 9.10. The van der Waals surface area contributed by atoms with Crippen molar-refractivity contribution in [1.82, 2.24) is 0 Å². The first-order valence-corrected chi connectivity index (χ1v) is 7.01. The Morgan fingerprint density at radius 3 is 2.39 bits per heavy atom. The van der Waals surface area contributed by atoms with E-state index in [1.165, 1.54) is 5.56 Å². The molecule has 0 radical (unpaired) electrons. The van der Waals surface area contributed by atoms with Gasteiger partial charge in [-0.2, -0.15) is 0 Å². The zero-order chi connectivity index (χ0) is 13.1. The minimum absolute atomic E-state index is 0.247. The smallest absolute Gasteiger partial charge is 0.0485 e. The minimum atomic E-state index is 0.247. The molecule has 0 heterocycles. The Hall–Kier alpha value is -0.990. The first-order chi connectivity index (χ1) is 8.56. The van der Waals surface area contributed by atoms with Crippen molar-refractivity contribution >= 4 is 33.2 Å². The average molecular weight is 325 g/mol. The Morgan fingerprint density at radius 2 is 1.78 bits per heavy atom. The second-order valence-corrected chi connectivity index (χ2v) is 5.70. The lowest BCUT2D eigenvalue weighted by atomic mass is 10.1. The first kappa shape index (κ1) is 13.4. The molecule has 2 aromatic carbocycles. The molecule has 0 aliphatic carbocycles. The minimum Gasteiger partial charge on any atom is -0.378 e. The Labute approximate surface area is 121 Å². The summed E-state index contributed by atoms with van der Waals surface area (Å²) in [5, 5.41) is 4.24. The molecule has 3 heteroatoms. The average Bonchev–Trinajstić information content (AvgIpc) is 2.34. The lowest BCUT2D eigenvalue weighted by Crippen LogP contribution is -2.06. The van der Waals surface area contributed by atoms with Gasteiger partial charge >= 0.3 is 0 Å². The highest BCUT2D eigenvalue weighted by Gasteiger charge is 2.06. The normalized spacial score (nSPS) is 12.2. The van der Waals surface area contributed by atoms with Gasteiger partial charge in [0.05, 0.1) is 0 Å². The van der Waals surface area contributed by atoms with Gasteiger partial charge in [-0.3, -0.25) is 0 Å². The molecule has 0 saturated carbocycles. The van der Waals surface area contributed by atoms with Gasteiger partial charge < -0.3 is 5.32 Å². The summed E-state index contributed by atoms with van der Waals surface area (Å²) in [6.45, 7) is 4.14.